The van der Waals surface area contributed by atoms with Gasteiger partial charge < -0.3 is 9.88 Å². The monoisotopic (exact) mass is 298 g/mol. The van der Waals surface area contributed by atoms with E-state index in [-0.39, 0.29) is 0 Å². The molecule has 106 valence electrons. The lowest BCUT2D eigenvalue weighted by molar-refractivity contribution is 0.501. The maximum absolute atomic E-state index is 6.18. The number of aryl methyl sites for hydroxylation is 1. The van der Waals surface area contributed by atoms with E-state index in [0.717, 1.165) is 35.8 Å². The number of nitrogens with one attached hydrogen (secondary N) is 1. The van der Waals surface area contributed by atoms with Crippen molar-refractivity contribution in [3.05, 3.63) is 52.9 Å². The van der Waals surface area contributed by atoms with Crippen molar-refractivity contribution >= 4 is 28.5 Å². The van der Waals surface area contributed by atoms with Crippen LogP contribution in [0, 0.1) is 6.92 Å². The summed E-state index contributed by atoms with van der Waals surface area (Å²) in [6.45, 7) is 3.88. The Morgan fingerprint density at radius 1 is 1.29 bits per heavy atom. The standard InChI is InChI=1S/C16H15ClN4/c1-10-4-5-13-14(7-10)20-15(19-13)11-8-21(9-11)16-12(17)3-2-6-18-16/h2-7,11H,8-9H2,1H3,(H,19,20). The molecule has 0 aliphatic carbocycles. The van der Waals surface area contributed by atoms with Crippen LogP contribution in [0.2, 0.25) is 5.02 Å². The zero-order valence-electron chi connectivity index (χ0n) is 11.7. The Morgan fingerprint density at radius 3 is 2.95 bits per heavy atom. The van der Waals surface area contributed by atoms with Crippen molar-refractivity contribution in [2.24, 2.45) is 0 Å². The molecule has 0 radical (unpaired) electrons. The molecule has 21 heavy (non-hydrogen) atoms. The van der Waals surface area contributed by atoms with Gasteiger partial charge >= 0.3 is 0 Å². The molecule has 4 rings (SSSR count). The maximum Gasteiger partial charge on any atom is 0.147 e. The molecule has 1 saturated heterocycles. The fraction of sp³-hybridized carbons (Fsp3) is 0.250. The second-order valence-electron chi connectivity index (χ2n) is 5.55. The summed E-state index contributed by atoms with van der Waals surface area (Å²) in [6, 6.07) is 10.0. The normalized spacial score (nSPS) is 15.4. The van der Waals surface area contributed by atoms with Gasteiger partial charge in [0.1, 0.15) is 11.6 Å². The number of halogens is 1. The largest absolute Gasteiger partial charge is 0.354 e. The van der Waals surface area contributed by atoms with Gasteiger partial charge in [0.05, 0.1) is 22.0 Å². The number of nitrogens with zero attached hydrogens (tertiary/aromatic N) is 3. The molecule has 0 saturated carbocycles. The minimum absolute atomic E-state index is 0.413. The molecule has 0 spiro atoms. The summed E-state index contributed by atoms with van der Waals surface area (Å²) < 4.78 is 0. The summed E-state index contributed by atoms with van der Waals surface area (Å²) in [6.07, 6.45) is 1.78. The van der Waals surface area contributed by atoms with Gasteiger partial charge in [0, 0.05) is 19.3 Å². The number of imidazole rings is 1. The van der Waals surface area contributed by atoms with Gasteiger partial charge in [0.25, 0.3) is 0 Å². The lowest BCUT2D eigenvalue weighted by Gasteiger charge is -2.39. The Kier molecular flexibility index (Phi) is 2.86. The highest BCUT2D eigenvalue weighted by atomic mass is 35.5. The zero-order chi connectivity index (χ0) is 14.4. The summed E-state index contributed by atoms with van der Waals surface area (Å²) in [5, 5.41) is 0.705. The van der Waals surface area contributed by atoms with Crippen molar-refractivity contribution in [2.75, 3.05) is 18.0 Å². The maximum atomic E-state index is 6.18. The number of pyridine rings is 1. The van der Waals surface area contributed by atoms with Gasteiger partial charge in [-0.05, 0) is 36.8 Å². The number of anilines is 1. The molecule has 2 aromatic heterocycles. The van der Waals surface area contributed by atoms with E-state index < -0.39 is 0 Å². The molecule has 1 aliphatic rings. The molecule has 1 aromatic carbocycles. The number of benzene rings is 1. The van der Waals surface area contributed by atoms with Crippen LogP contribution in [0.1, 0.15) is 17.3 Å². The zero-order valence-corrected chi connectivity index (χ0v) is 12.4. The van der Waals surface area contributed by atoms with Crippen molar-refractivity contribution in [3.8, 4) is 0 Å². The third-order valence-electron chi connectivity index (χ3n) is 3.96. The van der Waals surface area contributed by atoms with Crippen LogP contribution in [0.15, 0.2) is 36.5 Å². The molecule has 1 N–H and O–H groups in total. The van der Waals surface area contributed by atoms with Gasteiger partial charge in [0.15, 0.2) is 0 Å². The number of aromatic amines is 1. The molecular formula is C16H15ClN4. The van der Waals surface area contributed by atoms with Gasteiger partial charge in [0.2, 0.25) is 0 Å². The van der Waals surface area contributed by atoms with E-state index in [1.54, 1.807) is 6.20 Å². The topological polar surface area (TPSA) is 44.8 Å². The SMILES string of the molecule is Cc1ccc2[nH]c(C3CN(c4ncccc4Cl)C3)nc2c1. The van der Waals surface area contributed by atoms with Gasteiger partial charge in [-0.1, -0.05) is 17.7 Å². The summed E-state index contributed by atoms with van der Waals surface area (Å²) >= 11 is 6.18. The molecule has 3 heterocycles. The Morgan fingerprint density at radius 2 is 2.14 bits per heavy atom. The minimum atomic E-state index is 0.413. The van der Waals surface area contributed by atoms with E-state index >= 15 is 0 Å². The summed E-state index contributed by atoms with van der Waals surface area (Å²) in [5.41, 5.74) is 3.38. The second kappa shape index (κ2) is 4.74. The van der Waals surface area contributed by atoms with Crippen LogP contribution in [-0.2, 0) is 0 Å². The van der Waals surface area contributed by atoms with Gasteiger partial charge in [-0.15, -0.1) is 0 Å². The molecule has 4 nitrogen and oxygen atoms in total. The predicted molar refractivity (Wildman–Crippen MR) is 85.0 cm³/mol. The summed E-state index contributed by atoms with van der Waals surface area (Å²) in [7, 11) is 0. The second-order valence-corrected chi connectivity index (χ2v) is 5.96. The third-order valence-corrected chi connectivity index (χ3v) is 4.26. The number of aromatic nitrogens is 3. The van der Waals surface area contributed by atoms with Crippen molar-refractivity contribution < 1.29 is 0 Å². The van der Waals surface area contributed by atoms with Crippen LogP contribution in [0.25, 0.3) is 11.0 Å². The number of hydrogen-bond donors (Lipinski definition) is 1. The fourth-order valence-electron chi connectivity index (χ4n) is 2.76. The highest BCUT2D eigenvalue weighted by Crippen LogP contribution is 2.33. The Balaban J connectivity index is 1.55. The molecule has 1 fully saturated rings. The quantitative estimate of drug-likeness (QED) is 0.787. The first-order chi connectivity index (χ1) is 10.2. The smallest absolute Gasteiger partial charge is 0.147 e. The Labute approximate surface area is 127 Å². The molecule has 0 unspecified atom stereocenters. The molecule has 5 heteroatoms. The van der Waals surface area contributed by atoms with E-state index in [1.807, 2.05) is 12.1 Å². The van der Waals surface area contributed by atoms with Gasteiger partial charge in [-0.25, -0.2) is 9.97 Å². The van der Waals surface area contributed by atoms with Gasteiger partial charge in [-0.2, -0.15) is 0 Å². The average molecular weight is 299 g/mol. The van der Waals surface area contributed by atoms with Crippen molar-refractivity contribution in [1.82, 2.24) is 15.0 Å². The van der Waals surface area contributed by atoms with Crippen molar-refractivity contribution in [2.45, 2.75) is 12.8 Å². The van der Waals surface area contributed by atoms with Crippen LogP contribution in [-0.4, -0.2) is 28.0 Å². The van der Waals surface area contributed by atoms with E-state index in [4.69, 9.17) is 16.6 Å². The minimum Gasteiger partial charge on any atom is -0.354 e. The summed E-state index contributed by atoms with van der Waals surface area (Å²) in [4.78, 5) is 14.7. The fourth-order valence-corrected chi connectivity index (χ4v) is 3.00. The average Bonchev–Trinajstić information content (AvgIpc) is 2.81. The first kappa shape index (κ1) is 12.7. The van der Waals surface area contributed by atoms with Crippen LogP contribution >= 0.6 is 11.6 Å². The predicted octanol–water partition coefficient (Wildman–Crippen LogP) is 3.52. The van der Waals surface area contributed by atoms with Crippen LogP contribution in [0.3, 0.4) is 0 Å². The highest BCUT2D eigenvalue weighted by Gasteiger charge is 2.32. The number of fused-ring (bicyclic) bond motifs is 1. The number of rotatable bonds is 2. The van der Waals surface area contributed by atoms with E-state index in [2.05, 4.69) is 40.0 Å². The lowest BCUT2D eigenvalue weighted by atomic mass is 9.99. The third kappa shape index (κ3) is 2.16. The van der Waals surface area contributed by atoms with E-state index in [1.165, 1.54) is 5.56 Å². The van der Waals surface area contributed by atoms with Gasteiger partial charge in [-0.3, -0.25) is 0 Å². The van der Waals surface area contributed by atoms with Crippen LogP contribution in [0.4, 0.5) is 5.82 Å². The first-order valence-electron chi connectivity index (χ1n) is 7.02. The molecule has 0 atom stereocenters. The van der Waals surface area contributed by atoms with Crippen molar-refractivity contribution in [3.63, 3.8) is 0 Å². The Hall–Kier alpha value is -2.07. The highest BCUT2D eigenvalue weighted by molar-refractivity contribution is 6.32. The summed E-state index contributed by atoms with van der Waals surface area (Å²) in [5.74, 6) is 2.33. The molecule has 1 aliphatic heterocycles. The number of hydrogen-bond acceptors (Lipinski definition) is 3. The van der Waals surface area contributed by atoms with Crippen LogP contribution < -0.4 is 4.90 Å². The molecular weight excluding hydrogens is 284 g/mol. The van der Waals surface area contributed by atoms with E-state index in [9.17, 15) is 0 Å². The Bertz CT molecular complexity index is 805. The molecule has 0 amide bonds. The molecule has 0 bridgehead atoms. The lowest BCUT2D eigenvalue weighted by Crippen LogP contribution is -2.46. The molecule has 3 aromatic rings. The van der Waals surface area contributed by atoms with Crippen LogP contribution in [0.5, 0.6) is 0 Å². The van der Waals surface area contributed by atoms with Crippen molar-refractivity contribution in [1.29, 1.82) is 0 Å². The first-order valence-corrected chi connectivity index (χ1v) is 7.40. The van der Waals surface area contributed by atoms with E-state index in [0.29, 0.717) is 10.9 Å². The number of H-pyrrole nitrogens is 1.